The first-order valence-corrected chi connectivity index (χ1v) is 22.2. The predicted molar refractivity (Wildman–Crippen MR) is 239 cm³/mol. The molecule has 0 unspecified atom stereocenters. The Morgan fingerprint density at radius 2 is 1.29 bits per heavy atom. The van der Waals surface area contributed by atoms with E-state index in [9.17, 15) is 57.5 Å². The average Bonchev–Trinajstić information content (AvgIpc) is 3.24. The van der Waals surface area contributed by atoms with Crippen molar-refractivity contribution in [1.82, 2.24) is 30.1 Å². The monoisotopic (exact) mass is 1100 g/mol. The molecule has 0 saturated carbocycles. The molecule has 2 heterocycles. The molecule has 1 aromatic heterocycles. The Hall–Kier alpha value is -6.60. The van der Waals surface area contributed by atoms with Crippen molar-refractivity contribution >= 4 is 85.8 Å². The van der Waals surface area contributed by atoms with Gasteiger partial charge in [-0.05, 0) is 64.3 Å². The quantitative estimate of drug-likeness (QED) is 0.0458. The van der Waals surface area contributed by atoms with Crippen LogP contribution in [0, 0.1) is 17.7 Å². The van der Waals surface area contributed by atoms with Crippen LogP contribution in [0.1, 0.15) is 44.4 Å². The molecular weight excluding hydrogens is 1060 g/mol. The number of unbranched alkanes of at least 4 members (excludes halogenated alkanes) is 1. The van der Waals surface area contributed by atoms with Gasteiger partial charge in [0.15, 0.2) is 11.9 Å². The summed E-state index contributed by atoms with van der Waals surface area (Å²) in [5.74, 6) is -9.01. The van der Waals surface area contributed by atoms with Crippen LogP contribution in [-0.2, 0) is 40.6 Å². The zero-order valence-electron chi connectivity index (χ0n) is 37.7. The maximum atomic E-state index is 13.7. The van der Waals surface area contributed by atoms with Crippen molar-refractivity contribution in [2.24, 2.45) is 11.5 Å². The number of halogens is 11. The van der Waals surface area contributed by atoms with Crippen LogP contribution in [0.25, 0.3) is 10.9 Å². The van der Waals surface area contributed by atoms with E-state index in [0.29, 0.717) is 37.1 Å². The summed E-state index contributed by atoms with van der Waals surface area (Å²) in [5.41, 5.74) is 10.9. The van der Waals surface area contributed by atoms with E-state index >= 15 is 0 Å². The second kappa shape index (κ2) is 26.7. The van der Waals surface area contributed by atoms with E-state index in [2.05, 4.69) is 20.3 Å². The third kappa shape index (κ3) is 21.0. The molecule has 1 atom stereocenters. The van der Waals surface area contributed by atoms with Gasteiger partial charge in [0, 0.05) is 54.4 Å². The number of hydrogen-bond acceptors (Lipinski definition) is 11. The first-order valence-electron chi connectivity index (χ1n) is 20.0. The molecule has 0 bridgehead atoms. The number of nitrogens with two attached hydrogens (primary N) is 2. The van der Waals surface area contributed by atoms with Crippen LogP contribution >= 0.6 is 23.2 Å². The van der Waals surface area contributed by atoms with E-state index in [0.717, 1.165) is 11.1 Å². The molecule has 1 aliphatic heterocycles. The molecule has 1 saturated heterocycles. The minimum Gasteiger partial charge on any atom is -0.487 e. The number of hydrogen-bond donors (Lipinski definition) is 10. The number of amides is 2. The molecule has 2 aromatic carbocycles. The number of carbonyl (C=O) groups excluding carboxylic acids is 2. The van der Waals surface area contributed by atoms with Gasteiger partial charge in [-0.2, -0.15) is 44.2 Å². The first-order chi connectivity index (χ1) is 32.8. The molecule has 12 N–H and O–H groups in total. The summed E-state index contributed by atoms with van der Waals surface area (Å²) >= 11 is 13.1. The summed E-state index contributed by atoms with van der Waals surface area (Å²) in [6, 6.07) is 11.2. The highest BCUT2D eigenvalue weighted by molar-refractivity contribution is 7.89. The highest BCUT2D eigenvalue weighted by atomic mass is 35.5. The second-order valence-electron chi connectivity index (χ2n) is 15.1. The summed E-state index contributed by atoms with van der Waals surface area (Å²) in [6.45, 7) is 5.85. The van der Waals surface area contributed by atoms with Crippen molar-refractivity contribution in [3.63, 3.8) is 0 Å². The van der Waals surface area contributed by atoms with Crippen LogP contribution < -0.4 is 31.6 Å². The van der Waals surface area contributed by atoms with Gasteiger partial charge in [-0.1, -0.05) is 41.4 Å². The number of aliphatic carboxylic acids is 3. The molecular formula is C39H47Cl2F9N10O11S. The summed E-state index contributed by atoms with van der Waals surface area (Å²) in [7, 11) is -4.34. The third-order valence-electron chi connectivity index (χ3n) is 9.03. The lowest BCUT2D eigenvalue weighted by molar-refractivity contribution is -0.193. The Kier molecular flexibility index (Phi) is 23.5. The van der Waals surface area contributed by atoms with Gasteiger partial charge in [-0.25, -0.2) is 27.8 Å². The van der Waals surface area contributed by atoms with Crippen LogP contribution in [0.4, 0.5) is 39.5 Å². The lowest BCUT2D eigenvalue weighted by atomic mass is 10.0. The van der Waals surface area contributed by atoms with Crippen LogP contribution in [0.2, 0.25) is 10.0 Å². The smallest absolute Gasteiger partial charge is 0.487 e. The van der Waals surface area contributed by atoms with E-state index in [1.54, 1.807) is 11.0 Å². The normalized spacial score (nSPS) is 13.4. The Morgan fingerprint density at radius 1 is 0.792 bits per heavy atom. The Balaban J connectivity index is 0.00000103. The highest BCUT2D eigenvalue weighted by Gasteiger charge is 2.41. The van der Waals surface area contributed by atoms with Gasteiger partial charge in [0.2, 0.25) is 21.8 Å². The van der Waals surface area contributed by atoms with Crippen molar-refractivity contribution in [2.75, 3.05) is 32.7 Å². The molecule has 1 fully saturated rings. The number of carboxylic acid groups (broad SMARTS) is 3. The van der Waals surface area contributed by atoms with Crippen molar-refractivity contribution in [3.05, 3.63) is 63.8 Å². The van der Waals surface area contributed by atoms with Gasteiger partial charge < -0.3 is 52.0 Å². The van der Waals surface area contributed by atoms with Crippen molar-refractivity contribution in [1.29, 1.82) is 10.8 Å². The number of ether oxygens (including phenoxy) is 1. The first kappa shape index (κ1) is 63.4. The van der Waals surface area contributed by atoms with Crippen LogP contribution in [0.15, 0.2) is 47.4 Å². The van der Waals surface area contributed by atoms with Gasteiger partial charge in [0.25, 0.3) is 0 Å². The van der Waals surface area contributed by atoms with E-state index < -0.39 is 63.9 Å². The predicted octanol–water partition coefficient (Wildman–Crippen LogP) is 4.56. The van der Waals surface area contributed by atoms with Gasteiger partial charge >= 0.3 is 36.4 Å². The lowest BCUT2D eigenvalue weighted by Crippen LogP contribution is -2.61. The highest BCUT2D eigenvalue weighted by Crippen LogP contribution is 2.34. The number of piperazine rings is 1. The molecule has 1 aliphatic rings. The fourth-order valence-electron chi connectivity index (χ4n) is 5.72. The fourth-order valence-corrected chi connectivity index (χ4v) is 7.98. The number of aryl methyl sites for hydroxylation is 1. The SMILES string of the molecule is Cc1ccc2cccc(OCc3c(Cl)ccc(S(=O)(=O)NC(C)(C)C(=O)N4CCN(C(=O)[C@H](CCCCNC(=N)N)NC(=N)N)CC4)c3Cl)c2n1.O=C(O)C(F)(F)F.O=C(O)C(F)(F)F.O=C(O)C(F)(F)F. The number of benzene rings is 2. The number of sulfonamides is 1. The van der Waals surface area contributed by atoms with Gasteiger partial charge in [0.05, 0.1) is 5.02 Å². The number of carboxylic acids is 3. The van der Waals surface area contributed by atoms with E-state index in [1.165, 1.54) is 30.9 Å². The summed E-state index contributed by atoms with van der Waals surface area (Å²) in [5, 5.41) is 42.6. The maximum Gasteiger partial charge on any atom is 0.490 e. The van der Waals surface area contributed by atoms with Crippen LogP contribution in [0.3, 0.4) is 0 Å². The van der Waals surface area contributed by atoms with E-state index in [-0.39, 0.29) is 71.1 Å². The number of guanidine groups is 2. The third-order valence-corrected chi connectivity index (χ3v) is 11.6. The molecule has 0 radical (unpaired) electrons. The minimum atomic E-state index is -5.08. The van der Waals surface area contributed by atoms with Crippen LogP contribution in [-0.4, -0.2) is 143 Å². The van der Waals surface area contributed by atoms with Crippen molar-refractivity contribution < 1.29 is 92.0 Å². The molecule has 402 valence electrons. The summed E-state index contributed by atoms with van der Waals surface area (Å²) < 4.78 is 131. The minimum absolute atomic E-state index is 0.136. The Morgan fingerprint density at radius 3 is 1.76 bits per heavy atom. The molecule has 4 rings (SSSR count). The van der Waals surface area contributed by atoms with Gasteiger partial charge in [-0.15, -0.1) is 0 Å². The molecule has 0 spiro atoms. The number of aromatic nitrogens is 1. The van der Waals surface area contributed by atoms with Crippen molar-refractivity contribution in [3.8, 4) is 5.75 Å². The molecule has 21 nitrogen and oxygen atoms in total. The number of para-hydroxylation sites is 1. The van der Waals surface area contributed by atoms with Crippen LogP contribution in [0.5, 0.6) is 5.75 Å². The largest absolute Gasteiger partial charge is 0.490 e. The topological polar surface area (TPSA) is 345 Å². The van der Waals surface area contributed by atoms with Crippen molar-refractivity contribution in [2.45, 2.75) is 81.6 Å². The van der Waals surface area contributed by atoms with Gasteiger partial charge in [-0.3, -0.25) is 20.4 Å². The number of nitrogens with one attached hydrogen (secondary N) is 5. The molecule has 2 amide bonds. The molecule has 72 heavy (non-hydrogen) atoms. The number of alkyl halides is 9. The van der Waals surface area contributed by atoms with E-state index in [1.807, 2.05) is 31.2 Å². The fraction of sp³-hybridized carbons (Fsp3) is 0.436. The molecule has 33 heteroatoms. The Labute approximate surface area is 413 Å². The number of pyridine rings is 1. The van der Waals surface area contributed by atoms with Gasteiger partial charge in [0.1, 0.15) is 34.3 Å². The second-order valence-corrected chi connectivity index (χ2v) is 17.5. The lowest BCUT2D eigenvalue weighted by Gasteiger charge is -2.39. The van der Waals surface area contributed by atoms with E-state index in [4.69, 9.17) is 79.9 Å². The average molecular weight is 1110 g/mol. The zero-order chi connectivity index (χ0) is 55.7. The number of nitrogens with zero attached hydrogens (tertiary/aromatic N) is 3. The standard InChI is InChI=1S/C33H44Cl2N10O5S.3C2HF3O2/c1-20-10-11-21-7-6-9-25(28(21)41-20)50-19-22-23(34)12-13-26(27(22)35)51(48,49)43-33(2,3)30(47)45-17-15-44(16-18-45)29(46)24(42-32(38)39)8-4-5-14-40-31(36)37;3*3-2(4,5)1(6)7/h6-7,9-13,24,43H,4-5,8,14-19H2,1-3H3,(H4,36,37,40)(H4,38,39,42);3*(H,6,7)/t24-;;;/m0.../s1. The number of fused-ring (bicyclic) bond motifs is 1. The molecule has 3 aromatic rings. The zero-order valence-corrected chi connectivity index (χ0v) is 40.0. The summed E-state index contributed by atoms with van der Waals surface area (Å²) in [4.78, 5) is 61.0. The Bertz CT molecular complexity index is 2490. The molecule has 0 aliphatic carbocycles. The number of carbonyl (C=O) groups is 5. The number of rotatable bonds is 14. The maximum absolute atomic E-state index is 13.7. The summed E-state index contributed by atoms with van der Waals surface area (Å²) in [6.07, 6.45) is -13.6.